The fraction of sp³-hybridized carbons (Fsp3) is 0.500. The van der Waals surface area contributed by atoms with Crippen LogP contribution in [0.5, 0.6) is 0 Å². The van der Waals surface area contributed by atoms with Crippen molar-refractivity contribution in [2.24, 2.45) is 0 Å². The third-order valence-electron chi connectivity index (χ3n) is 4.33. The van der Waals surface area contributed by atoms with Crippen LogP contribution in [-0.4, -0.2) is 50.8 Å². The summed E-state index contributed by atoms with van der Waals surface area (Å²) in [6.07, 6.45) is 0. The Morgan fingerprint density at radius 3 is 2.52 bits per heavy atom. The molecule has 1 aromatic carbocycles. The summed E-state index contributed by atoms with van der Waals surface area (Å²) in [4.78, 5) is 4.77. The van der Waals surface area contributed by atoms with Crippen LogP contribution in [0, 0.1) is 0 Å². The van der Waals surface area contributed by atoms with Gasteiger partial charge >= 0.3 is 7.12 Å². The van der Waals surface area contributed by atoms with Crippen LogP contribution in [0.3, 0.4) is 0 Å². The summed E-state index contributed by atoms with van der Waals surface area (Å²) >= 11 is 0. The van der Waals surface area contributed by atoms with E-state index in [1.807, 2.05) is 13.8 Å². The number of hydrogen-bond acceptors (Lipinski definition) is 4. The van der Waals surface area contributed by atoms with Gasteiger partial charge in [0.15, 0.2) is 0 Å². The monoisotopic (exact) mass is 286 g/mol. The average Bonchev–Trinajstić information content (AvgIpc) is 2.74. The molecule has 0 spiro atoms. The van der Waals surface area contributed by atoms with Gasteiger partial charge in [0.05, 0.1) is 5.76 Å². The molecule has 21 heavy (non-hydrogen) atoms. The molecule has 2 heterocycles. The van der Waals surface area contributed by atoms with E-state index in [4.69, 9.17) is 9.31 Å². The second kappa shape index (κ2) is 5.39. The predicted molar refractivity (Wildman–Crippen MR) is 86.9 cm³/mol. The van der Waals surface area contributed by atoms with Gasteiger partial charge in [-0.3, -0.25) is 0 Å². The molecule has 0 aliphatic carbocycles. The largest absolute Gasteiger partial charge is 0.563 e. The van der Waals surface area contributed by atoms with E-state index in [2.05, 4.69) is 47.7 Å². The maximum atomic E-state index is 5.96. The molecule has 0 atom stereocenters. The lowest BCUT2D eigenvalue weighted by molar-refractivity contribution is 0.173. The van der Waals surface area contributed by atoms with E-state index < -0.39 is 5.60 Å². The molecule has 2 aliphatic rings. The van der Waals surface area contributed by atoms with Crippen molar-refractivity contribution in [1.29, 1.82) is 0 Å². The molecule has 0 bridgehead atoms. The molecule has 2 fully saturated rings. The van der Waals surface area contributed by atoms with Crippen LogP contribution < -0.4 is 10.4 Å². The summed E-state index contributed by atoms with van der Waals surface area (Å²) in [6, 6.07) is 8.46. The number of likely N-dealkylation sites (N-methyl/N-ethyl adjacent to an activating group) is 1. The molecule has 5 heteroatoms. The molecule has 0 unspecified atom stereocenters. The Morgan fingerprint density at radius 1 is 1.19 bits per heavy atom. The van der Waals surface area contributed by atoms with Crippen LogP contribution in [0.25, 0.3) is 0 Å². The molecule has 0 amide bonds. The van der Waals surface area contributed by atoms with Gasteiger partial charge in [-0.2, -0.15) is 0 Å². The topological polar surface area (TPSA) is 24.9 Å². The van der Waals surface area contributed by atoms with E-state index in [0.717, 1.165) is 31.6 Å². The van der Waals surface area contributed by atoms with Crippen molar-refractivity contribution in [3.8, 4) is 0 Å². The highest BCUT2D eigenvalue weighted by Crippen LogP contribution is 2.29. The number of hydrogen-bond donors (Lipinski definition) is 0. The van der Waals surface area contributed by atoms with Crippen molar-refractivity contribution < 1.29 is 9.31 Å². The van der Waals surface area contributed by atoms with Crippen LogP contribution in [0.2, 0.25) is 0 Å². The normalized spacial score (nSPS) is 22.5. The minimum Gasteiger partial charge on any atom is -0.534 e. The zero-order chi connectivity index (χ0) is 15.0. The summed E-state index contributed by atoms with van der Waals surface area (Å²) in [5.41, 5.74) is 1.87. The van der Waals surface area contributed by atoms with Crippen molar-refractivity contribution >= 4 is 18.3 Å². The predicted octanol–water partition coefficient (Wildman–Crippen LogP) is 1.47. The third kappa shape index (κ3) is 2.94. The summed E-state index contributed by atoms with van der Waals surface area (Å²) in [5, 5.41) is 0. The minimum atomic E-state index is -0.422. The molecule has 4 nitrogen and oxygen atoms in total. The number of anilines is 1. The number of rotatable bonds is 2. The SMILES string of the molecule is C=C1OB(c2cccc(N3CCN(C)CC3)c2)OC1(C)C. The lowest BCUT2D eigenvalue weighted by Crippen LogP contribution is -2.45. The van der Waals surface area contributed by atoms with Gasteiger partial charge in [-0.1, -0.05) is 18.7 Å². The fourth-order valence-electron chi connectivity index (χ4n) is 2.70. The number of nitrogens with zero attached hydrogens (tertiary/aromatic N) is 2. The molecule has 1 aromatic rings. The molecule has 0 N–H and O–H groups in total. The number of piperazine rings is 1. The minimum absolute atomic E-state index is 0.347. The molecule has 2 aliphatic heterocycles. The highest BCUT2D eigenvalue weighted by atomic mass is 16.7. The molecule has 112 valence electrons. The summed E-state index contributed by atoms with van der Waals surface area (Å²) in [5.74, 6) is 0.692. The Bertz CT molecular complexity index is 539. The first-order valence-electron chi connectivity index (χ1n) is 7.53. The smallest absolute Gasteiger partial charge is 0.534 e. The van der Waals surface area contributed by atoms with Crippen LogP contribution >= 0.6 is 0 Å². The molecule has 0 saturated carbocycles. The maximum absolute atomic E-state index is 5.96. The second-order valence-electron chi connectivity index (χ2n) is 6.39. The van der Waals surface area contributed by atoms with Gasteiger partial charge in [-0.15, -0.1) is 0 Å². The van der Waals surface area contributed by atoms with E-state index in [-0.39, 0.29) is 7.12 Å². The first-order valence-corrected chi connectivity index (χ1v) is 7.53. The number of benzene rings is 1. The molecule has 0 radical (unpaired) electrons. The Balaban J connectivity index is 1.76. The lowest BCUT2D eigenvalue weighted by Gasteiger charge is -2.34. The van der Waals surface area contributed by atoms with Gasteiger partial charge in [0.1, 0.15) is 5.60 Å². The summed E-state index contributed by atoms with van der Waals surface area (Å²) in [7, 11) is 1.82. The Hall–Kier alpha value is -1.46. The molecular formula is C16H23BN2O2. The fourth-order valence-corrected chi connectivity index (χ4v) is 2.70. The Labute approximate surface area is 127 Å². The maximum Gasteiger partial charge on any atom is 0.563 e. The zero-order valence-corrected chi connectivity index (χ0v) is 13.1. The molecule has 3 rings (SSSR count). The Morgan fingerprint density at radius 2 is 1.90 bits per heavy atom. The Kier molecular flexibility index (Phi) is 3.72. The molecular weight excluding hydrogens is 263 g/mol. The van der Waals surface area contributed by atoms with Gasteiger partial charge < -0.3 is 19.1 Å². The van der Waals surface area contributed by atoms with Crippen LogP contribution in [0.1, 0.15) is 13.8 Å². The van der Waals surface area contributed by atoms with Crippen LogP contribution in [-0.2, 0) is 9.31 Å². The van der Waals surface area contributed by atoms with Gasteiger partial charge in [0, 0.05) is 31.9 Å². The van der Waals surface area contributed by atoms with Gasteiger partial charge in [0.2, 0.25) is 0 Å². The van der Waals surface area contributed by atoms with Gasteiger partial charge in [-0.25, -0.2) is 0 Å². The van der Waals surface area contributed by atoms with E-state index in [0.29, 0.717) is 5.76 Å². The second-order valence-corrected chi connectivity index (χ2v) is 6.39. The standard InChI is InChI=1S/C16H23BN2O2/c1-13-16(2,3)21-17(20-13)14-6-5-7-15(12-14)19-10-8-18(4)9-11-19/h5-7,12H,1,8-11H2,2-4H3. The van der Waals surface area contributed by atoms with Crippen molar-refractivity contribution in [2.45, 2.75) is 19.4 Å². The van der Waals surface area contributed by atoms with Crippen molar-refractivity contribution in [3.63, 3.8) is 0 Å². The molecule has 2 saturated heterocycles. The van der Waals surface area contributed by atoms with Crippen molar-refractivity contribution in [1.82, 2.24) is 4.90 Å². The third-order valence-corrected chi connectivity index (χ3v) is 4.33. The van der Waals surface area contributed by atoms with Crippen molar-refractivity contribution in [2.75, 3.05) is 38.1 Å². The average molecular weight is 286 g/mol. The quantitative estimate of drug-likeness (QED) is 0.769. The lowest BCUT2D eigenvalue weighted by atomic mass is 9.79. The molecule has 0 aromatic heterocycles. The summed E-state index contributed by atoms with van der Waals surface area (Å²) in [6.45, 7) is 12.2. The van der Waals surface area contributed by atoms with Crippen molar-refractivity contribution in [3.05, 3.63) is 36.6 Å². The zero-order valence-electron chi connectivity index (χ0n) is 13.1. The van der Waals surface area contributed by atoms with Gasteiger partial charge in [0.25, 0.3) is 0 Å². The van der Waals surface area contributed by atoms with E-state index in [1.54, 1.807) is 0 Å². The van der Waals surface area contributed by atoms with Crippen LogP contribution in [0.15, 0.2) is 36.6 Å². The summed E-state index contributed by atoms with van der Waals surface area (Å²) < 4.78 is 11.7. The van der Waals surface area contributed by atoms with E-state index in [1.165, 1.54) is 5.69 Å². The van der Waals surface area contributed by atoms with E-state index >= 15 is 0 Å². The first kappa shape index (κ1) is 14.5. The highest BCUT2D eigenvalue weighted by molar-refractivity contribution is 6.62. The first-order chi connectivity index (χ1) is 9.95. The van der Waals surface area contributed by atoms with Gasteiger partial charge in [-0.05, 0) is 38.5 Å². The van der Waals surface area contributed by atoms with Crippen LogP contribution in [0.4, 0.5) is 5.69 Å². The highest BCUT2D eigenvalue weighted by Gasteiger charge is 2.42. The van der Waals surface area contributed by atoms with E-state index in [9.17, 15) is 0 Å².